The van der Waals surface area contributed by atoms with Gasteiger partial charge in [-0.3, -0.25) is 0 Å². The predicted octanol–water partition coefficient (Wildman–Crippen LogP) is 16.3. The second-order valence-corrected chi connectivity index (χ2v) is 24.6. The average molecular weight is 997 g/mol. The molecule has 0 radical (unpaired) electrons. The van der Waals surface area contributed by atoms with Gasteiger partial charge in [0.2, 0.25) is 0 Å². The highest BCUT2D eigenvalue weighted by Crippen LogP contribution is 2.54. The van der Waals surface area contributed by atoms with Crippen molar-refractivity contribution in [1.82, 2.24) is 4.57 Å². The van der Waals surface area contributed by atoms with E-state index in [1.807, 2.05) is 0 Å². The van der Waals surface area contributed by atoms with Crippen LogP contribution in [0.1, 0.15) is 23.6 Å². The number of hydrogen-bond acceptors (Lipinski definition) is 1. The van der Waals surface area contributed by atoms with Crippen LogP contribution in [0, 0.1) is 0 Å². The average Bonchev–Trinajstić information content (AvgIpc) is 4.29. The molecular formula is C74H52N2Si. The largest absolute Gasteiger partial charge is 0.310 e. The quantitative estimate of drug-likeness (QED) is 0.131. The second kappa shape index (κ2) is 17.8. The fraction of sp³-hybridized carbons (Fsp3) is 0.0270. The number of rotatable bonds is 9. The number of aromatic nitrogens is 1. The van der Waals surface area contributed by atoms with Crippen molar-refractivity contribution in [2.45, 2.75) is 12.3 Å². The molecule has 2 heterocycles. The first kappa shape index (κ1) is 44.9. The molecule has 1 atom stereocenters. The zero-order valence-electron chi connectivity index (χ0n) is 42.7. The molecule has 0 bridgehead atoms. The molecule has 0 fully saturated rings. The van der Waals surface area contributed by atoms with E-state index in [2.05, 4.69) is 314 Å². The smallest absolute Gasteiger partial charge is 0.180 e. The van der Waals surface area contributed by atoms with Gasteiger partial charge in [0.25, 0.3) is 0 Å². The van der Waals surface area contributed by atoms with Gasteiger partial charge in [-0.25, -0.2) is 0 Å². The minimum Gasteiger partial charge on any atom is -0.310 e. The Morgan fingerprint density at radius 2 is 0.844 bits per heavy atom. The topological polar surface area (TPSA) is 8.17 Å². The monoisotopic (exact) mass is 996 g/mol. The molecule has 0 spiro atoms. The van der Waals surface area contributed by atoms with Crippen molar-refractivity contribution in [3.8, 4) is 50.2 Å². The van der Waals surface area contributed by atoms with E-state index in [1.54, 1.807) is 0 Å². The highest BCUT2D eigenvalue weighted by Gasteiger charge is 2.48. The number of benzene rings is 12. The van der Waals surface area contributed by atoms with Crippen molar-refractivity contribution in [3.63, 3.8) is 0 Å². The molecule has 13 aromatic rings. The number of hydrogen-bond donors (Lipinski definition) is 0. The van der Waals surface area contributed by atoms with Crippen molar-refractivity contribution in [3.05, 3.63) is 314 Å². The van der Waals surface area contributed by atoms with Crippen molar-refractivity contribution >= 4 is 67.7 Å². The van der Waals surface area contributed by atoms with Gasteiger partial charge in [0, 0.05) is 38.9 Å². The van der Waals surface area contributed by atoms with Crippen molar-refractivity contribution < 1.29 is 0 Å². The first-order chi connectivity index (χ1) is 38.1. The standard InChI is InChI=1S/C74H52N2Si/c1-74(53-24-7-3-8-25-53)68-35-16-11-30-61(68)62-46-40-52(48-69(62)74)60-47-45-57(50-67(60)51-22-5-2-6-23-51)75(54-41-43-55(44-42-54)76-70-36-17-12-31-63(70)64-32-13-18-37-71(64)76)56-26-21-29-59(49-56)77(58-27-9-4-10-28-58)72-38-19-14-33-65(72)66-34-15-20-39-73(66)77/h2-50H,1H3. The van der Waals surface area contributed by atoms with Crippen molar-refractivity contribution in [2.75, 3.05) is 4.90 Å². The number of para-hydroxylation sites is 2. The van der Waals surface area contributed by atoms with Gasteiger partial charge in [-0.05, 0) is 156 Å². The lowest BCUT2D eigenvalue weighted by molar-refractivity contribution is 0.714. The molecule has 12 aromatic carbocycles. The molecule has 1 aromatic heterocycles. The van der Waals surface area contributed by atoms with Crippen LogP contribution in [-0.4, -0.2) is 12.6 Å². The highest BCUT2D eigenvalue weighted by molar-refractivity contribution is 7.22. The van der Waals surface area contributed by atoms with Gasteiger partial charge in [-0.2, -0.15) is 0 Å². The van der Waals surface area contributed by atoms with Gasteiger partial charge in [0.15, 0.2) is 8.07 Å². The lowest BCUT2D eigenvalue weighted by Gasteiger charge is -2.33. The lowest BCUT2D eigenvalue weighted by Crippen LogP contribution is -2.72. The molecular weight excluding hydrogens is 945 g/mol. The van der Waals surface area contributed by atoms with Crippen LogP contribution in [0.3, 0.4) is 0 Å². The number of fused-ring (bicyclic) bond motifs is 9. The Balaban J connectivity index is 0.944. The molecule has 1 aliphatic carbocycles. The number of anilines is 3. The molecule has 2 nitrogen and oxygen atoms in total. The molecule has 77 heavy (non-hydrogen) atoms. The van der Waals surface area contributed by atoms with Gasteiger partial charge in [-0.1, -0.05) is 231 Å². The van der Waals surface area contributed by atoms with Crippen molar-refractivity contribution in [2.24, 2.45) is 0 Å². The number of nitrogens with zero attached hydrogens (tertiary/aromatic N) is 2. The molecule has 3 heteroatoms. The second-order valence-electron chi connectivity index (χ2n) is 20.9. The van der Waals surface area contributed by atoms with Crippen molar-refractivity contribution in [1.29, 1.82) is 0 Å². The molecule has 2 aliphatic rings. The summed E-state index contributed by atoms with van der Waals surface area (Å²) in [5.41, 5.74) is 20.5. The SMILES string of the molecule is CC1(c2ccccc2)c2ccccc2-c2ccc(-c3ccc(N(c4ccc(-n5c6ccccc6c6ccccc65)cc4)c4cccc([Si]5(c6ccccc6)c6ccccc6-c6ccccc65)c4)cc3-c3ccccc3)cc21. The van der Waals surface area contributed by atoms with Crippen LogP contribution in [0.2, 0.25) is 0 Å². The summed E-state index contributed by atoms with van der Waals surface area (Å²) in [6.45, 7) is 2.41. The Hall–Kier alpha value is -9.54. The molecule has 15 rings (SSSR count). The third-order valence-corrected chi connectivity index (χ3v) is 21.8. The van der Waals surface area contributed by atoms with E-state index in [0.717, 1.165) is 22.7 Å². The van der Waals surface area contributed by atoms with Crippen LogP contribution in [0.15, 0.2) is 297 Å². The Bertz CT molecular complexity index is 4310. The molecule has 362 valence electrons. The first-order valence-electron chi connectivity index (χ1n) is 26.8. The third-order valence-electron chi connectivity index (χ3n) is 17.0. The van der Waals surface area contributed by atoms with Gasteiger partial charge in [0.05, 0.1) is 11.0 Å². The molecule has 0 N–H and O–H groups in total. The van der Waals surface area contributed by atoms with Gasteiger partial charge >= 0.3 is 0 Å². The lowest BCUT2D eigenvalue weighted by atomic mass is 9.74. The molecule has 0 amide bonds. The van der Waals surface area contributed by atoms with E-state index in [-0.39, 0.29) is 5.41 Å². The van der Waals surface area contributed by atoms with E-state index in [1.165, 1.54) is 104 Å². The van der Waals surface area contributed by atoms with Crippen LogP contribution in [-0.2, 0) is 5.41 Å². The minimum atomic E-state index is -2.82. The maximum Gasteiger partial charge on any atom is 0.180 e. The van der Waals surface area contributed by atoms with E-state index < -0.39 is 8.07 Å². The van der Waals surface area contributed by atoms with Gasteiger partial charge < -0.3 is 9.47 Å². The highest BCUT2D eigenvalue weighted by atomic mass is 28.3. The van der Waals surface area contributed by atoms with Gasteiger partial charge in [0.1, 0.15) is 0 Å². The summed E-state index contributed by atoms with van der Waals surface area (Å²) in [6.07, 6.45) is 0. The summed E-state index contributed by atoms with van der Waals surface area (Å²) in [7, 11) is -2.82. The Morgan fingerprint density at radius 3 is 1.53 bits per heavy atom. The van der Waals surface area contributed by atoms with E-state index in [0.29, 0.717) is 0 Å². The van der Waals surface area contributed by atoms with E-state index in [4.69, 9.17) is 0 Å². The summed E-state index contributed by atoms with van der Waals surface area (Å²) in [5, 5.41) is 8.11. The van der Waals surface area contributed by atoms with Crippen LogP contribution in [0.25, 0.3) is 72.0 Å². The minimum absolute atomic E-state index is 0.315. The molecule has 1 aliphatic heterocycles. The summed E-state index contributed by atoms with van der Waals surface area (Å²) in [4.78, 5) is 2.49. The van der Waals surface area contributed by atoms with Crippen LogP contribution in [0.5, 0.6) is 0 Å². The van der Waals surface area contributed by atoms with Crippen LogP contribution >= 0.6 is 0 Å². The molecule has 1 unspecified atom stereocenters. The molecule has 0 saturated carbocycles. The zero-order chi connectivity index (χ0) is 51.1. The van der Waals surface area contributed by atoms with Crippen LogP contribution < -0.4 is 25.6 Å². The molecule has 0 saturated heterocycles. The summed E-state index contributed by atoms with van der Waals surface area (Å²) < 4.78 is 2.41. The van der Waals surface area contributed by atoms with E-state index in [9.17, 15) is 0 Å². The third kappa shape index (κ3) is 6.80. The maximum absolute atomic E-state index is 2.82. The fourth-order valence-corrected chi connectivity index (χ4v) is 18.7. The maximum atomic E-state index is 2.51. The van der Waals surface area contributed by atoms with Crippen LogP contribution in [0.4, 0.5) is 17.1 Å². The summed E-state index contributed by atoms with van der Waals surface area (Å²) >= 11 is 0. The predicted molar refractivity (Wildman–Crippen MR) is 326 cm³/mol. The summed E-state index contributed by atoms with van der Waals surface area (Å²) in [5.74, 6) is 0. The Morgan fingerprint density at radius 1 is 0.325 bits per heavy atom. The Labute approximate surface area is 451 Å². The normalized spacial score (nSPS) is 14.7. The zero-order valence-corrected chi connectivity index (χ0v) is 43.7. The van der Waals surface area contributed by atoms with E-state index >= 15 is 0 Å². The fourth-order valence-electron chi connectivity index (χ4n) is 13.5. The van der Waals surface area contributed by atoms with Gasteiger partial charge in [-0.15, -0.1) is 0 Å². The summed E-state index contributed by atoms with van der Waals surface area (Å²) in [6, 6.07) is 111. The first-order valence-corrected chi connectivity index (χ1v) is 28.8. The Kier molecular flexibility index (Phi) is 10.4.